The first kappa shape index (κ1) is 10.2. The Morgan fingerprint density at radius 2 is 1.93 bits per heavy atom. The predicted molar refractivity (Wildman–Crippen MR) is 51.9 cm³/mol. The van der Waals surface area contributed by atoms with Crippen molar-refractivity contribution in [1.29, 1.82) is 0 Å². The molecule has 0 atom stereocenters. The molecule has 0 bridgehead atoms. The number of phenolic OH excluding ortho intramolecular Hbond substituents is 3. The number of allylic oxidation sites excluding steroid dienone is 1. The maximum Gasteiger partial charge on any atom is 0.204 e. The fourth-order valence-electron chi connectivity index (χ4n) is 1.14. The SMILES string of the molecule is C=CCc1cc(OC)c(O)c(O)c1O. The molecule has 14 heavy (non-hydrogen) atoms. The van der Waals surface area contributed by atoms with Crippen LogP contribution in [0.4, 0.5) is 0 Å². The number of ether oxygens (including phenoxy) is 1. The Kier molecular flexibility index (Phi) is 2.86. The van der Waals surface area contributed by atoms with Gasteiger partial charge in [0.05, 0.1) is 7.11 Å². The van der Waals surface area contributed by atoms with Crippen LogP contribution < -0.4 is 4.74 Å². The summed E-state index contributed by atoms with van der Waals surface area (Å²) in [5.41, 5.74) is 0.451. The van der Waals surface area contributed by atoms with E-state index in [2.05, 4.69) is 6.58 Å². The molecule has 0 radical (unpaired) electrons. The van der Waals surface area contributed by atoms with Crippen molar-refractivity contribution in [1.82, 2.24) is 0 Å². The minimum Gasteiger partial charge on any atom is -0.504 e. The molecule has 4 heteroatoms. The normalized spacial score (nSPS) is 9.79. The molecule has 1 aromatic carbocycles. The molecule has 0 aromatic heterocycles. The fraction of sp³-hybridized carbons (Fsp3) is 0.200. The highest BCUT2D eigenvalue weighted by molar-refractivity contribution is 5.60. The first-order chi connectivity index (χ1) is 6.61. The van der Waals surface area contributed by atoms with Crippen molar-refractivity contribution in [2.24, 2.45) is 0 Å². The second kappa shape index (κ2) is 3.91. The lowest BCUT2D eigenvalue weighted by Gasteiger charge is -2.10. The number of phenols is 3. The van der Waals surface area contributed by atoms with Crippen LogP contribution in [0.5, 0.6) is 23.0 Å². The molecule has 0 saturated heterocycles. The highest BCUT2D eigenvalue weighted by Crippen LogP contribution is 2.44. The quantitative estimate of drug-likeness (QED) is 0.506. The third-order valence-corrected chi connectivity index (χ3v) is 1.88. The van der Waals surface area contributed by atoms with Gasteiger partial charge in [-0.3, -0.25) is 0 Å². The number of benzene rings is 1. The van der Waals surface area contributed by atoms with Gasteiger partial charge in [-0.05, 0) is 12.5 Å². The van der Waals surface area contributed by atoms with E-state index in [0.717, 1.165) is 0 Å². The summed E-state index contributed by atoms with van der Waals surface area (Å²) < 4.78 is 4.81. The van der Waals surface area contributed by atoms with E-state index < -0.39 is 11.5 Å². The molecule has 4 nitrogen and oxygen atoms in total. The molecule has 0 aliphatic rings. The summed E-state index contributed by atoms with van der Waals surface area (Å²) in [7, 11) is 1.36. The van der Waals surface area contributed by atoms with Crippen molar-refractivity contribution in [3.8, 4) is 23.0 Å². The highest BCUT2D eigenvalue weighted by atomic mass is 16.5. The lowest BCUT2D eigenvalue weighted by molar-refractivity contribution is 0.334. The van der Waals surface area contributed by atoms with E-state index in [1.54, 1.807) is 6.08 Å². The Morgan fingerprint density at radius 1 is 1.29 bits per heavy atom. The lowest BCUT2D eigenvalue weighted by atomic mass is 10.1. The van der Waals surface area contributed by atoms with E-state index in [1.807, 2.05) is 0 Å². The minimum atomic E-state index is -0.568. The van der Waals surface area contributed by atoms with Gasteiger partial charge in [0.25, 0.3) is 0 Å². The van der Waals surface area contributed by atoms with E-state index in [9.17, 15) is 15.3 Å². The average Bonchev–Trinajstić information content (AvgIpc) is 2.19. The molecule has 76 valence electrons. The van der Waals surface area contributed by atoms with E-state index in [4.69, 9.17) is 4.74 Å². The summed E-state index contributed by atoms with van der Waals surface area (Å²) in [5.74, 6) is -1.25. The topological polar surface area (TPSA) is 69.9 Å². The lowest BCUT2D eigenvalue weighted by Crippen LogP contribution is -1.89. The first-order valence-electron chi connectivity index (χ1n) is 4.03. The summed E-state index contributed by atoms with van der Waals surface area (Å²) in [5, 5.41) is 28.0. The van der Waals surface area contributed by atoms with Crippen molar-refractivity contribution in [2.75, 3.05) is 7.11 Å². The van der Waals surface area contributed by atoms with Crippen LogP contribution in [0.15, 0.2) is 18.7 Å². The Morgan fingerprint density at radius 3 is 2.43 bits per heavy atom. The second-order valence-corrected chi connectivity index (χ2v) is 2.78. The largest absolute Gasteiger partial charge is 0.504 e. The van der Waals surface area contributed by atoms with E-state index in [0.29, 0.717) is 12.0 Å². The maximum atomic E-state index is 9.42. The monoisotopic (exact) mass is 196 g/mol. The molecular formula is C10H12O4. The zero-order valence-electron chi connectivity index (χ0n) is 7.82. The molecule has 0 fully saturated rings. The van der Waals surface area contributed by atoms with Gasteiger partial charge in [-0.15, -0.1) is 6.58 Å². The van der Waals surface area contributed by atoms with E-state index in [1.165, 1.54) is 13.2 Å². The highest BCUT2D eigenvalue weighted by Gasteiger charge is 2.15. The van der Waals surface area contributed by atoms with Gasteiger partial charge in [0.1, 0.15) is 0 Å². The summed E-state index contributed by atoms with van der Waals surface area (Å²) in [6.45, 7) is 3.51. The van der Waals surface area contributed by atoms with Gasteiger partial charge in [-0.2, -0.15) is 0 Å². The van der Waals surface area contributed by atoms with Gasteiger partial charge < -0.3 is 20.1 Å². The number of methoxy groups -OCH3 is 1. The van der Waals surface area contributed by atoms with Crippen LogP contribution in [-0.2, 0) is 6.42 Å². The Bertz CT molecular complexity index is 358. The second-order valence-electron chi connectivity index (χ2n) is 2.78. The number of hydrogen-bond donors (Lipinski definition) is 3. The fourth-order valence-corrected chi connectivity index (χ4v) is 1.14. The predicted octanol–water partition coefficient (Wildman–Crippen LogP) is 1.54. The van der Waals surface area contributed by atoms with Crippen molar-refractivity contribution in [3.05, 3.63) is 24.3 Å². The third-order valence-electron chi connectivity index (χ3n) is 1.88. The summed E-state index contributed by atoms with van der Waals surface area (Å²) >= 11 is 0. The van der Waals surface area contributed by atoms with Crippen LogP contribution in [-0.4, -0.2) is 22.4 Å². The molecule has 0 saturated carbocycles. The van der Waals surface area contributed by atoms with Crippen LogP contribution in [0.1, 0.15) is 5.56 Å². The van der Waals surface area contributed by atoms with Gasteiger partial charge in [0.15, 0.2) is 11.5 Å². The molecular weight excluding hydrogens is 184 g/mol. The molecule has 0 unspecified atom stereocenters. The smallest absolute Gasteiger partial charge is 0.204 e. The number of aromatic hydroxyl groups is 3. The molecule has 0 amide bonds. The summed E-state index contributed by atoms with van der Waals surface area (Å²) in [6, 6.07) is 1.45. The molecule has 0 aliphatic carbocycles. The summed E-state index contributed by atoms with van der Waals surface area (Å²) in [4.78, 5) is 0. The van der Waals surface area contributed by atoms with E-state index >= 15 is 0 Å². The molecule has 1 rings (SSSR count). The number of hydrogen-bond acceptors (Lipinski definition) is 4. The van der Waals surface area contributed by atoms with Crippen molar-refractivity contribution >= 4 is 0 Å². The average molecular weight is 196 g/mol. The van der Waals surface area contributed by atoms with Crippen LogP contribution in [0.25, 0.3) is 0 Å². The zero-order valence-corrected chi connectivity index (χ0v) is 7.82. The van der Waals surface area contributed by atoms with Gasteiger partial charge in [0, 0.05) is 5.56 Å². The Hall–Kier alpha value is -1.84. The van der Waals surface area contributed by atoms with Crippen molar-refractivity contribution in [3.63, 3.8) is 0 Å². The van der Waals surface area contributed by atoms with Gasteiger partial charge >= 0.3 is 0 Å². The standard InChI is InChI=1S/C10H12O4/c1-3-4-6-5-7(14-2)9(12)10(13)8(6)11/h3,5,11-13H,1,4H2,2H3. The van der Waals surface area contributed by atoms with E-state index in [-0.39, 0.29) is 11.5 Å². The van der Waals surface area contributed by atoms with Crippen LogP contribution in [0.2, 0.25) is 0 Å². The van der Waals surface area contributed by atoms with Crippen molar-refractivity contribution in [2.45, 2.75) is 6.42 Å². The van der Waals surface area contributed by atoms with Crippen LogP contribution in [0, 0.1) is 0 Å². The molecule has 0 heterocycles. The zero-order chi connectivity index (χ0) is 10.7. The molecule has 0 spiro atoms. The Labute approximate surface area is 81.7 Å². The first-order valence-corrected chi connectivity index (χ1v) is 4.03. The van der Waals surface area contributed by atoms with Crippen LogP contribution >= 0.6 is 0 Å². The number of rotatable bonds is 3. The molecule has 1 aromatic rings. The third kappa shape index (κ3) is 1.59. The minimum absolute atomic E-state index is 0.122. The van der Waals surface area contributed by atoms with Gasteiger partial charge in [0.2, 0.25) is 11.5 Å². The Balaban J connectivity index is 3.32. The molecule has 3 N–H and O–H groups in total. The van der Waals surface area contributed by atoms with Crippen LogP contribution in [0.3, 0.4) is 0 Å². The van der Waals surface area contributed by atoms with Gasteiger partial charge in [-0.25, -0.2) is 0 Å². The molecule has 0 aliphatic heterocycles. The van der Waals surface area contributed by atoms with Crippen molar-refractivity contribution < 1.29 is 20.1 Å². The van der Waals surface area contributed by atoms with Gasteiger partial charge in [-0.1, -0.05) is 6.08 Å². The summed E-state index contributed by atoms with van der Waals surface area (Å²) in [6.07, 6.45) is 1.96. The maximum absolute atomic E-state index is 9.42.